The van der Waals surface area contributed by atoms with Crippen molar-refractivity contribution in [3.63, 3.8) is 0 Å². The highest BCUT2D eigenvalue weighted by Gasteiger charge is 2.35. The van der Waals surface area contributed by atoms with Gasteiger partial charge >= 0.3 is 30.4 Å². The zero-order valence-electron chi connectivity index (χ0n) is 76.4. The molecule has 0 spiro atoms. The molecule has 5 aromatic carbocycles. The van der Waals surface area contributed by atoms with E-state index >= 15 is 0 Å². The predicted molar refractivity (Wildman–Crippen MR) is 512 cm³/mol. The lowest BCUT2D eigenvalue weighted by atomic mass is 9.86. The van der Waals surface area contributed by atoms with Crippen LogP contribution in [0.4, 0.5) is 23.8 Å². The minimum Gasteiger partial charge on any atom is -0.369 e. The number of Topliss-reactive ketones (excluding diaryl/α,β-unsaturated/α-hetero) is 4. The number of nitrogens with two attached hydrogens (primary N) is 4. The molecule has 13 aromatic rings. The smallest absolute Gasteiger partial charge is 0.356 e. The molecule has 4 atom stereocenters. The third-order valence-corrected chi connectivity index (χ3v) is 27.4. The number of ketones is 4. The van der Waals surface area contributed by atoms with Crippen LogP contribution in [0.3, 0.4) is 0 Å². The van der Waals surface area contributed by atoms with Gasteiger partial charge in [0, 0.05) is 50.0 Å². The molecule has 0 aliphatic heterocycles. The van der Waals surface area contributed by atoms with Crippen molar-refractivity contribution >= 4 is 122 Å². The van der Waals surface area contributed by atoms with Crippen LogP contribution in [0.2, 0.25) is 0 Å². The molecule has 0 bridgehead atoms. The first-order valence-electron chi connectivity index (χ1n) is 43.9. The molecule has 12 N–H and O–H groups in total. The average molecular weight is 1980 g/mol. The molecule has 8 aromatic heterocycles. The zero-order chi connectivity index (χ0) is 98.4. The van der Waals surface area contributed by atoms with E-state index in [0.717, 1.165) is 89.5 Å². The number of nitrogen functional groups attached to an aromatic ring is 4. The highest BCUT2D eigenvalue weighted by Crippen LogP contribution is 2.52. The number of carbonyl (C=O) groups is 4. The number of H-pyrrole nitrogens is 4. The van der Waals surface area contributed by atoms with Crippen LogP contribution in [0, 0.1) is 39.5 Å². The third kappa shape index (κ3) is 31.8. The Bertz CT molecular complexity index is 6780. The van der Waals surface area contributed by atoms with E-state index in [4.69, 9.17) is 78.1 Å². The van der Waals surface area contributed by atoms with E-state index in [1.807, 2.05) is 125 Å². The number of fused-ring (bicyclic) bond motifs is 4. The van der Waals surface area contributed by atoms with Crippen LogP contribution in [-0.2, 0) is 140 Å². The number of benzene rings is 5. The number of aromatic amines is 4. The van der Waals surface area contributed by atoms with Gasteiger partial charge in [-0.05, 0) is 75.6 Å². The van der Waals surface area contributed by atoms with Gasteiger partial charge in [0.1, 0.15) is 51.8 Å². The highest BCUT2D eigenvalue weighted by atomic mass is 31.2. The maximum atomic E-state index is 13.5. The Labute approximate surface area is 790 Å². The lowest BCUT2D eigenvalue weighted by molar-refractivity contribution is -0.126. The second-order valence-electron chi connectivity index (χ2n) is 32.3. The van der Waals surface area contributed by atoms with Crippen LogP contribution in [-0.4, -0.2) is 179 Å². The van der Waals surface area contributed by atoms with Crippen LogP contribution in [0.5, 0.6) is 0 Å². The number of carbonyl (C=O) groups excluding carboxylic acids is 4. The summed E-state index contributed by atoms with van der Waals surface area (Å²) in [5.41, 5.74) is 30.7. The third-order valence-electron chi connectivity index (χ3n) is 21.3. The molecule has 48 heteroatoms. The molecule has 2 aliphatic rings. The summed E-state index contributed by atoms with van der Waals surface area (Å²) in [4.78, 5) is 139. The maximum absolute atomic E-state index is 13.5. The molecule has 0 amide bonds. The molecule has 2 aliphatic carbocycles. The minimum atomic E-state index is -3.80. The monoisotopic (exact) mass is 1980 g/mol. The molecule has 2 fully saturated rings. The van der Waals surface area contributed by atoms with E-state index in [1.54, 1.807) is 48.6 Å². The summed E-state index contributed by atoms with van der Waals surface area (Å²) in [6.45, 7) is 11.8. The Kier molecular flexibility index (Phi) is 38.0. The Balaban J connectivity index is 0.000000165. The summed E-state index contributed by atoms with van der Waals surface area (Å²) in [5, 5.41) is 0. The number of nitrogens with zero attached hydrogens (tertiary/aromatic N) is 12. The molecule has 138 heavy (non-hydrogen) atoms. The molecule has 4 unspecified atom stereocenters. The fourth-order valence-corrected chi connectivity index (χ4v) is 18.4. The number of ether oxygens (including phenoxy) is 4. The highest BCUT2D eigenvalue weighted by molar-refractivity contribution is 7.54. The van der Waals surface area contributed by atoms with Crippen LogP contribution < -0.4 is 45.2 Å². The van der Waals surface area contributed by atoms with Crippen molar-refractivity contribution in [2.45, 2.75) is 132 Å². The Morgan fingerprint density at radius 3 is 0.935 bits per heavy atom. The largest absolute Gasteiger partial charge is 0.369 e. The summed E-state index contributed by atoms with van der Waals surface area (Å²) >= 11 is 0. The molecule has 44 nitrogen and oxygen atoms in total. The quantitative estimate of drug-likeness (QED) is 0.00760. The number of aromatic nitrogens is 16. The van der Waals surface area contributed by atoms with E-state index in [-0.39, 0.29) is 211 Å². The Morgan fingerprint density at radius 2 is 0.652 bits per heavy atom. The topological polar surface area (TPSA) is 606 Å². The molecular formula is C90H110N20O24P4. The summed E-state index contributed by atoms with van der Waals surface area (Å²) in [7, 11) is -15.0. The van der Waals surface area contributed by atoms with Gasteiger partial charge < -0.3 is 78.2 Å². The zero-order valence-corrected chi connectivity index (χ0v) is 80.0. The fourth-order valence-electron chi connectivity index (χ4n) is 13.4. The number of imidazole rings is 4. The molecule has 8 heterocycles. The second-order valence-corrected chi connectivity index (χ2v) is 40.3. The van der Waals surface area contributed by atoms with E-state index < -0.39 is 59.2 Å². The molecule has 2 saturated carbocycles. The summed E-state index contributed by atoms with van der Waals surface area (Å²) in [5.74, 6) is -0.866. The lowest BCUT2D eigenvalue weighted by Gasteiger charge is -2.22. The van der Waals surface area contributed by atoms with Gasteiger partial charge in [0.25, 0.3) is 22.2 Å². The normalized spacial score (nSPS) is 14.5. The predicted octanol–water partition coefficient (Wildman–Crippen LogP) is 11.8. The minimum absolute atomic E-state index is 0.00549. The van der Waals surface area contributed by atoms with Crippen LogP contribution >= 0.6 is 30.4 Å². The summed E-state index contributed by atoms with van der Waals surface area (Å²) in [6.07, 6.45) is 12.5. The van der Waals surface area contributed by atoms with Crippen LogP contribution in [0.15, 0.2) is 185 Å². The number of hydrogen-bond donors (Lipinski definition) is 8. The molecule has 15 rings (SSSR count). The SMILES string of the molecule is C=CCC(=O)COP(=O)(COCCn1cnc2c(=O)[nH]c(N)nc21)OCc1ccc(C)cc1.Cc1ccc(COP(=O)(COCCn2cnc3c(=O)[nH]c(N)nc32)OCC(=O)C2CC2)cc1.Cc1ccc(COP(=O)(COCCn2cnc3c(=O)[nH]c(N)nc32)OCC(=O)C2CCCCC2)cc1.Cc1ccc(COP(=O)(COCCn2cnc3c(=O)[nH]c(N)nc32)OCC(=O)c2ccccc2)cc1. The number of nitrogens with one attached hydrogen (secondary N) is 4. The number of rotatable bonds is 49. The van der Waals surface area contributed by atoms with Crippen LogP contribution in [0.25, 0.3) is 44.7 Å². The van der Waals surface area contributed by atoms with E-state index in [9.17, 15) is 56.6 Å². The molecule has 734 valence electrons. The van der Waals surface area contributed by atoms with Crippen molar-refractivity contribution in [1.82, 2.24) is 78.1 Å². The van der Waals surface area contributed by atoms with E-state index in [2.05, 4.69) is 66.4 Å². The fraction of sp³-hybridized carbons (Fsp3) is 0.378. The van der Waals surface area contributed by atoms with Crippen molar-refractivity contribution < 1.29 is 92.6 Å². The number of hydrogen-bond acceptors (Lipinski definition) is 36. The molecular weight excluding hydrogens is 1870 g/mol. The van der Waals surface area contributed by atoms with Gasteiger partial charge in [0.2, 0.25) is 23.8 Å². The lowest BCUT2D eigenvalue weighted by Crippen LogP contribution is -2.22. The van der Waals surface area contributed by atoms with Crippen molar-refractivity contribution in [2.24, 2.45) is 11.8 Å². The van der Waals surface area contributed by atoms with Crippen molar-refractivity contribution in [2.75, 3.05) is 101 Å². The standard InChI is InChI=1S/C24H32N5O6P.C24H26N5O6P.2C21H26N5O6P/c2*1-17-7-9-18(10-8-17)13-34-36(32,35-14-20(30)19-5-3-2-4-6-19)16-33-12-11-29-15-26-21-22(29)27-24(25)28-23(21)31;1-14-2-4-15(5-3-14)10-31-33(29,32-11-17(27)16-6-7-16)13-30-9-8-26-12-23-18-19(26)24-21(22)25-20(18)28;1-3-4-17(27)12-32-33(29,31-11-16-7-5-15(2)6-8-16)14-30-10-9-26-13-23-18-19(26)24-21(22)25-20(18)28/h7-10,15,19H,2-6,11-14,16H2,1H3,(H3,25,27,28,31);2-10,15H,11-14,16H2,1H3,(H3,25,27,28,31);2-5,12,16H,6-11,13H2,1H3,(H3,22,24,25,28);3,5-8,13H,1,4,9-12,14H2,2H3,(H3,22,24,25,28). The first kappa shape index (κ1) is 104. The van der Waals surface area contributed by atoms with Crippen LogP contribution in [0.1, 0.15) is 106 Å². The van der Waals surface area contributed by atoms with Crippen molar-refractivity contribution in [3.05, 3.63) is 257 Å². The van der Waals surface area contributed by atoms with Gasteiger partial charge in [0.05, 0.1) is 78.2 Å². The first-order valence-corrected chi connectivity index (χ1v) is 50.8. The average Bonchev–Trinajstić information content (AvgIpc) is 1.68. The van der Waals surface area contributed by atoms with E-state index in [1.165, 1.54) is 31.4 Å². The van der Waals surface area contributed by atoms with Gasteiger partial charge in [-0.1, -0.05) is 175 Å². The van der Waals surface area contributed by atoms with Gasteiger partial charge in [0.15, 0.2) is 67.8 Å². The van der Waals surface area contributed by atoms with Gasteiger partial charge in [-0.2, -0.15) is 19.9 Å². The molecule has 0 radical (unpaired) electrons. The maximum Gasteiger partial charge on any atom is 0.356 e. The number of anilines is 4. The Hall–Kier alpha value is -12.4. The number of allylic oxidation sites excluding steroid dienone is 1. The Morgan fingerprint density at radius 1 is 0.377 bits per heavy atom. The van der Waals surface area contributed by atoms with Gasteiger partial charge in [-0.25, -0.2) is 19.9 Å². The summed E-state index contributed by atoms with van der Waals surface area (Å²) < 4.78 is 127. The first-order chi connectivity index (χ1) is 66.3. The van der Waals surface area contributed by atoms with Gasteiger partial charge in [-0.3, -0.25) is 94.6 Å². The second kappa shape index (κ2) is 50.2. The number of aryl methyl sites for hydroxylation is 4. The summed E-state index contributed by atoms with van der Waals surface area (Å²) in [6, 6.07) is 38.9. The van der Waals surface area contributed by atoms with Crippen molar-refractivity contribution in [3.8, 4) is 0 Å². The molecule has 0 saturated heterocycles. The van der Waals surface area contributed by atoms with Crippen molar-refractivity contribution in [1.29, 1.82) is 0 Å². The van der Waals surface area contributed by atoms with E-state index in [0.29, 0.717) is 28.2 Å². The van der Waals surface area contributed by atoms with Gasteiger partial charge in [-0.15, -0.1) is 6.58 Å².